The molecule has 0 saturated heterocycles. The fourth-order valence-corrected chi connectivity index (χ4v) is 27.9. The van der Waals surface area contributed by atoms with Gasteiger partial charge in [0.1, 0.15) is 0 Å². The molecule has 0 aromatic carbocycles. The first-order valence-corrected chi connectivity index (χ1v) is 33.8. The third-order valence-electron chi connectivity index (χ3n) is 3.67. The number of hydrogen-bond donors (Lipinski definition) is 0. The zero-order valence-corrected chi connectivity index (χ0v) is 33.5. The topological polar surface area (TPSA) is 81.7 Å². The molecule has 0 aromatic rings. The summed E-state index contributed by atoms with van der Waals surface area (Å²) in [7, 11) is -18.0. The van der Waals surface area contributed by atoms with Crippen LogP contribution in [0, 0.1) is 0 Å². The average Bonchev–Trinajstić information content (AvgIpc) is 2.50. The molecule has 8 nitrogen and oxygen atoms in total. The first kappa shape index (κ1) is 37.5. The predicted octanol–water partition coefficient (Wildman–Crippen LogP) is 7.14. The third-order valence-corrected chi connectivity index (χ3v) is 24.6. The summed E-state index contributed by atoms with van der Waals surface area (Å²) in [4.78, 5) is 11.9. The molecule has 0 spiro atoms. The first-order valence-electron chi connectivity index (χ1n) is 13.2. The Morgan fingerprint density at radius 2 is 0.919 bits per heavy atom. The van der Waals surface area contributed by atoms with Gasteiger partial charge in [-0.05, 0) is 112 Å². The highest BCUT2D eigenvalue weighted by Gasteiger charge is 2.62. The number of carbonyl (C=O) groups is 1. The van der Waals surface area contributed by atoms with Crippen molar-refractivity contribution in [2.75, 3.05) is 6.61 Å². The van der Waals surface area contributed by atoms with Crippen LogP contribution in [0.2, 0.25) is 104 Å². The van der Waals surface area contributed by atoms with Crippen molar-refractivity contribution in [1.29, 1.82) is 0 Å². The number of carbonyl (C=O) groups excluding carboxylic acids is 1. The molecule has 0 radical (unpaired) electrons. The maximum Gasteiger partial charge on any atom is 0.640 e. The minimum atomic E-state index is -3.71. The Bertz CT molecular complexity index is 688. The summed E-state index contributed by atoms with van der Waals surface area (Å²) in [6.45, 7) is 34.0. The van der Waals surface area contributed by atoms with Crippen LogP contribution < -0.4 is 0 Å². The molecule has 0 rings (SSSR count). The lowest BCUT2D eigenvalue weighted by atomic mass is 10.5. The Morgan fingerprint density at radius 1 is 0.568 bits per heavy atom. The van der Waals surface area contributed by atoms with Crippen molar-refractivity contribution in [2.24, 2.45) is 0 Å². The van der Waals surface area contributed by atoms with E-state index < -0.39 is 59.4 Å². The summed E-state index contributed by atoms with van der Waals surface area (Å²) in [5.74, 6) is -0.358. The largest absolute Gasteiger partial charge is 0.640 e. The number of hydrogen-bond acceptors (Lipinski definition) is 8. The maximum absolute atomic E-state index is 11.9. The van der Waals surface area contributed by atoms with Gasteiger partial charge in [0.15, 0.2) is 41.6 Å². The fraction of sp³-hybridized carbons (Fsp3) is 0.864. The summed E-state index contributed by atoms with van der Waals surface area (Å²) in [5.41, 5.74) is 0. The third kappa shape index (κ3) is 19.2. The lowest BCUT2D eigenvalue weighted by Crippen LogP contribution is -2.70. The van der Waals surface area contributed by atoms with Crippen LogP contribution in [0.1, 0.15) is 13.3 Å². The molecule has 0 bridgehead atoms. The van der Waals surface area contributed by atoms with E-state index in [9.17, 15) is 4.79 Å². The van der Waals surface area contributed by atoms with Crippen molar-refractivity contribution < 1.29 is 34.2 Å². The van der Waals surface area contributed by atoms with Crippen LogP contribution in [0.3, 0.4) is 0 Å². The quantitative estimate of drug-likeness (QED) is 0.0715. The number of ether oxygens (including phenoxy) is 1. The molecule has 0 unspecified atom stereocenters. The molecule has 0 amide bonds. The Kier molecular flexibility index (Phi) is 14.1. The first-order chi connectivity index (χ1) is 16.2. The van der Waals surface area contributed by atoms with Gasteiger partial charge in [-0.25, -0.2) is 4.79 Å². The van der Waals surface area contributed by atoms with Crippen molar-refractivity contribution in [1.82, 2.24) is 0 Å². The van der Waals surface area contributed by atoms with E-state index in [0.29, 0.717) is 12.5 Å². The molecule has 0 fully saturated rings. The van der Waals surface area contributed by atoms with Crippen molar-refractivity contribution in [3.63, 3.8) is 0 Å². The van der Waals surface area contributed by atoms with Gasteiger partial charge in [-0.15, -0.1) is 0 Å². The second-order valence-electron chi connectivity index (χ2n) is 14.1. The highest BCUT2D eigenvalue weighted by Crippen LogP contribution is 2.35. The number of allylic oxidation sites excluding steroid dienone is 1. The van der Waals surface area contributed by atoms with Gasteiger partial charge in [-0.1, -0.05) is 6.08 Å². The number of rotatable bonds is 17. The van der Waals surface area contributed by atoms with Crippen LogP contribution in [0.15, 0.2) is 12.2 Å². The van der Waals surface area contributed by atoms with Crippen LogP contribution in [0.4, 0.5) is 0 Å². The highest BCUT2D eigenvalue weighted by molar-refractivity contribution is 6.93. The van der Waals surface area contributed by atoms with Crippen LogP contribution >= 0.6 is 0 Å². The molecule has 15 heteroatoms. The monoisotopic (exact) mass is 644 g/mol. The van der Waals surface area contributed by atoms with E-state index in [1.165, 1.54) is 6.08 Å². The van der Waals surface area contributed by atoms with Crippen molar-refractivity contribution in [3.05, 3.63) is 12.2 Å². The molecule has 0 aliphatic carbocycles. The lowest BCUT2D eigenvalue weighted by Gasteiger charge is -2.47. The highest BCUT2D eigenvalue weighted by atomic mass is 28.6. The summed E-state index contributed by atoms with van der Waals surface area (Å²) >= 11 is 0. The standard InChI is InChI=1S/C22H56O8Si7/c1-17-19-22(23)24-20-18-21-36(25-31(2,3)4,26-32(5,6)7)30-37(27-33(8,9)10,28-34(11,12)13)29-35(14,15)16/h17,19H,18,20-21H2,1-16H3. The molecule has 0 atom stereocenters. The SMILES string of the molecule is CC=CC(=O)OCCC[Si](O[Si](C)(C)C)(O[Si](C)(C)C)O[Si](O[Si](C)(C)C)(O[Si](C)(C)C)O[Si](C)(C)C. The summed E-state index contributed by atoms with van der Waals surface area (Å²) < 4.78 is 46.9. The Hall–Kier alpha value is 0.488. The van der Waals surface area contributed by atoms with Crippen LogP contribution in [0.5, 0.6) is 0 Å². The minimum absolute atomic E-state index is 0.249. The van der Waals surface area contributed by atoms with E-state index in [0.717, 1.165) is 0 Å². The van der Waals surface area contributed by atoms with E-state index in [1.807, 2.05) is 0 Å². The van der Waals surface area contributed by atoms with Crippen LogP contribution in [0.25, 0.3) is 0 Å². The van der Waals surface area contributed by atoms with Crippen molar-refractivity contribution in [2.45, 2.75) is 118 Å². The van der Waals surface area contributed by atoms with Gasteiger partial charge in [0.2, 0.25) is 0 Å². The Balaban J connectivity index is 6.79. The molecule has 37 heavy (non-hydrogen) atoms. The van der Waals surface area contributed by atoms with E-state index >= 15 is 0 Å². The van der Waals surface area contributed by atoms with Gasteiger partial charge in [-0.2, -0.15) is 0 Å². The molecule has 0 heterocycles. The second-order valence-corrected chi connectivity index (χ2v) is 43.0. The molecule has 0 aliphatic rings. The van der Waals surface area contributed by atoms with Crippen LogP contribution in [-0.2, 0) is 34.2 Å². The molecular formula is C22H56O8Si7. The van der Waals surface area contributed by atoms with Gasteiger partial charge >= 0.3 is 23.8 Å². The zero-order valence-electron chi connectivity index (χ0n) is 26.5. The van der Waals surface area contributed by atoms with E-state index in [1.54, 1.807) is 13.0 Å². The molecule has 0 aromatic heterocycles. The Labute approximate surface area is 235 Å². The molecule has 0 N–H and O–H groups in total. The summed E-state index contributed by atoms with van der Waals surface area (Å²) in [6.07, 6.45) is 3.63. The molecule has 0 aliphatic heterocycles. The van der Waals surface area contributed by atoms with Gasteiger partial charge in [0.25, 0.3) is 0 Å². The average molecular weight is 645 g/mol. The number of esters is 1. The van der Waals surface area contributed by atoms with Crippen LogP contribution in [-0.4, -0.2) is 72.0 Å². The molecular weight excluding hydrogens is 589 g/mol. The molecule has 0 saturated carbocycles. The fourth-order valence-electron chi connectivity index (χ4n) is 3.23. The summed E-state index contributed by atoms with van der Waals surface area (Å²) in [6, 6.07) is 0.485. The van der Waals surface area contributed by atoms with Gasteiger partial charge < -0.3 is 29.4 Å². The minimum Gasteiger partial charge on any atom is -0.463 e. The van der Waals surface area contributed by atoms with E-state index in [2.05, 4.69) is 98.2 Å². The van der Waals surface area contributed by atoms with E-state index in [-0.39, 0.29) is 12.6 Å². The molecule has 220 valence electrons. The Morgan fingerprint density at radius 3 is 1.22 bits per heavy atom. The second kappa shape index (κ2) is 13.9. The van der Waals surface area contributed by atoms with Crippen molar-refractivity contribution in [3.8, 4) is 0 Å². The normalized spacial score (nSPS) is 14.9. The van der Waals surface area contributed by atoms with Gasteiger partial charge in [0, 0.05) is 12.1 Å². The summed E-state index contributed by atoms with van der Waals surface area (Å²) in [5, 5.41) is 0. The van der Waals surface area contributed by atoms with E-state index in [4.69, 9.17) is 29.4 Å². The van der Waals surface area contributed by atoms with Gasteiger partial charge in [-0.3, -0.25) is 0 Å². The van der Waals surface area contributed by atoms with Crippen molar-refractivity contribution >= 4 is 65.4 Å². The maximum atomic E-state index is 11.9. The smallest absolute Gasteiger partial charge is 0.463 e. The lowest BCUT2D eigenvalue weighted by molar-refractivity contribution is -0.137. The van der Waals surface area contributed by atoms with Gasteiger partial charge in [0.05, 0.1) is 6.61 Å². The zero-order chi connectivity index (χ0) is 29.6. The predicted molar refractivity (Wildman–Crippen MR) is 170 cm³/mol.